The quantitative estimate of drug-likeness (QED) is 0.676. The Morgan fingerprint density at radius 2 is 2.13 bits per heavy atom. The van der Waals surface area contributed by atoms with Crippen LogP contribution in [-0.2, 0) is 7.05 Å². The first kappa shape index (κ1) is 15.2. The number of aryl methyl sites for hydroxylation is 1. The molecule has 1 amide bonds. The molecule has 0 saturated carbocycles. The molecule has 0 radical (unpaired) electrons. The second-order valence-corrected chi connectivity index (χ2v) is 5.42. The summed E-state index contributed by atoms with van der Waals surface area (Å²) in [6, 6.07) is 5.54. The van der Waals surface area contributed by atoms with Gasteiger partial charge in [-0.15, -0.1) is 0 Å². The van der Waals surface area contributed by atoms with E-state index in [0.29, 0.717) is 25.2 Å². The minimum atomic E-state index is -0.476. The zero-order valence-electron chi connectivity index (χ0n) is 12.7. The number of hydrogen-bond donors (Lipinski definition) is 1. The van der Waals surface area contributed by atoms with Gasteiger partial charge in [-0.05, 0) is 12.1 Å². The number of amides is 1. The Kier molecular flexibility index (Phi) is 4.07. The minimum absolute atomic E-state index is 0.0255. The second kappa shape index (κ2) is 6.17. The Hall–Kier alpha value is -2.74. The van der Waals surface area contributed by atoms with Gasteiger partial charge in [0, 0.05) is 56.8 Å². The van der Waals surface area contributed by atoms with Gasteiger partial charge in [0.05, 0.1) is 4.92 Å². The van der Waals surface area contributed by atoms with Gasteiger partial charge >= 0.3 is 0 Å². The Morgan fingerprint density at radius 3 is 2.74 bits per heavy atom. The Balaban J connectivity index is 1.86. The molecule has 2 aromatic rings. The summed E-state index contributed by atoms with van der Waals surface area (Å²) in [5, 5.41) is 14.0. The van der Waals surface area contributed by atoms with Gasteiger partial charge in [-0.25, -0.2) is 4.98 Å². The molecule has 0 bridgehead atoms. The van der Waals surface area contributed by atoms with Crippen LogP contribution in [0.15, 0.2) is 36.7 Å². The fourth-order valence-electron chi connectivity index (χ4n) is 2.77. The third kappa shape index (κ3) is 2.93. The number of non-ortho nitro benzene ring substituents is 1. The van der Waals surface area contributed by atoms with Crippen LogP contribution in [0.2, 0.25) is 0 Å². The number of nitrogens with zero attached hydrogens (tertiary/aromatic N) is 4. The van der Waals surface area contributed by atoms with Gasteiger partial charge in [-0.3, -0.25) is 14.9 Å². The summed E-state index contributed by atoms with van der Waals surface area (Å²) < 4.78 is 1.90. The number of benzene rings is 1. The molecule has 1 unspecified atom stereocenters. The van der Waals surface area contributed by atoms with Crippen molar-refractivity contribution in [3.8, 4) is 0 Å². The number of nitrogens with one attached hydrogen (secondary N) is 1. The zero-order valence-corrected chi connectivity index (χ0v) is 12.7. The van der Waals surface area contributed by atoms with Crippen molar-refractivity contribution in [1.82, 2.24) is 19.8 Å². The van der Waals surface area contributed by atoms with E-state index in [0.717, 1.165) is 5.82 Å². The van der Waals surface area contributed by atoms with Gasteiger partial charge in [0.25, 0.3) is 11.6 Å². The van der Waals surface area contributed by atoms with Crippen LogP contribution in [0.25, 0.3) is 0 Å². The highest BCUT2D eigenvalue weighted by Gasteiger charge is 2.31. The van der Waals surface area contributed by atoms with Gasteiger partial charge < -0.3 is 14.8 Å². The molecule has 3 rings (SSSR count). The first-order valence-electron chi connectivity index (χ1n) is 7.31. The number of hydrogen-bond acceptors (Lipinski definition) is 5. The van der Waals surface area contributed by atoms with Gasteiger partial charge in [-0.1, -0.05) is 0 Å². The maximum absolute atomic E-state index is 12.8. The predicted molar refractivity (Wildman–Crippen MR) is 83.0 cm³/mol. The third-order valence-electron chi connectivity index (χ3n) is 3.99. The monoisotopic (exact) mass is 315 g/mol. The fourth-order valence-corrected chi connectivity index (χ4v) is 2.77. The summed E-state index contributed by atoms with van der Waals surface area (Å²) in [5.74, 6) is 0.668. The first-order valence-corrected chi connectivity index (χ1v) is 7.31. The highest BCUT2D eigenvalue weighted by atomic mass is 16.6. The topological polar surface area (TPSA) is 93.3 Å². The molecule has 1 saturated heterocycles. The van der Waals surface area contributed by atoms with Crippen molar-refractivity contribution in [3.05, 3.63) is 58.2 Å². The predicted octanol–water partition coefficient (Wildman–Crippen LogP) is 1.12. The molecule has 1 fully saturated rings. The van der Waals surface area contributed by atoms with Crippen LogP contribution in [0.5, 0.6) is 0 Å². The van der Waals surface area contributed by atoms with Crippen molar-refractivity contribution in [2.75, 3.05) is 19.6 Å². The highest BCUT2D eigenvalue weighted by Crippen LogP contribution is 2.23. The summed E-state index contributed by atoms with van der Waals surface area (Å²) in [7, 11) is 1.89. The summed E-state index contributed by atoms with van der Waals surface area (Å²) in [5.41, 5.74) is 0.416. The lowest BCUT2D eigenvalue weighted by Gasteiger charge is -2.35. The molecular formula is C15H17N5O3. The summed E-state index contributed by atoms with van der Waals surface area (Å²) in [4.78, 5) is 29.1. The van der Waals surface area contributed by atoms with E-state index in [2.05, 4.69) is 10.3 Å². The first-order chi connectivity index (χ1) is 11.1. The Labute approximate surface area is 132 Å². The molecule has 0 aliphatic carbocycles. The van der Waals surface area contributed by atoms with Crippen LogP contribution < -0.4 is 5.32 Å². The van der Waals surface area contributed by atoms with Gasteiger partial charge in [0.2, 0.25) is 0 Å². The second-order valence-electron chi connectivity index (χ2n) is 5.42. The molecule has 1 aliphatic rings. The number of nitro benzene ring substituents is 1. The van der Waals surface area contributed by atoms with Crippen molar-refractivity contribution >= 4 is 11.6 Å². The van der Waals surface area contributed by atoms with Gasteiger partial charge in [-0.2, -0.15) is 0 Å². The maximum atomic E-state index is 12.8. The lowest BCUT2D eigenvalue weighted by molar-refractivity contribution is -0.384. The maximum Gasteiger partial charge on any atom is 0.269 e. The van der Waals surface area contributed by atoms with Gasteiger partial charge in [0.1, 0.15) is 11.9 Å². The standard InChI is InChI=1S/C15H17N5O3/c1-18-8-7-17-14(18)13-10-16-6-9-19(13)15(21)11-2-4-12(5-3-11)20(22)23/h2-5,7-8,13,16H,6,9-10H2,1H3. The van der Waals surface area contributed by atoms with Crippen molar-refractivity contribution in [2.45, 2.75) is 6.04 Å². The lowest BCUT2D eigenvalue weighted by atomic mass is 10.1. The molecule has 1 aromatic carbocycles. The summed E-state index contributed by atoms with van der Waals surface area (Å²) >= 11 is 0. The molecule has 2 heterocycles. The molecule has 8 nitrogen and oxygen atoms in total. The third-order valence-corrected chi connectivity index (χ3v) is 3.99. The van der Waals surface area contributed by atoms with Crippen LogP contribution in [0, 0.1) is 10.1 Å². The molecule has 23 heavy (non-hydrogen) atoms. The van der Waals surface area contributed by atoms with Crippen LogP contribution in [0.4, 0.5) is 5.69 Å². The number of imidazole rings is 1. The summed E-state index contributed by atoms with van der Waals surface area (Å²) in [6.07, 6.45) is 3.55. The molecule has 1 aliphatic heterocycles. The Bertz CT molecular complexity index is 725. The number of piperazine rings is 1. The smallest absolute Gasteiger partial charge is 0.269 e. The van der Waals surface area contributed by atoms with Crippen molar-refractivity contribution < 1.29 is 9.72 Å². The van der Waals surface area contributed by atoms with E-state index in [1.54, 1.807) is 11.1 Å². The highest BCUT2D eigenvalue weighted by molar-refractivity contribution is 5.94. The number of carbonyl (C=O) groups is 1. The zero-order chi connectivity index (χ0) is 16.4. The van der Waals surface area contributed by atoms with E-state index in [1.165, 1.54) is 24.3 Å². The van der Waals surface area contributed by atoms with Gasteiger partial charge in [0.15, 0.2) is 0 Å². The van der Waals surface area contributed by atoms with E-state index < -0.39 is 4.92 Å². The molecule has 1 aromatic heterocycles. The molecule has 0 spiro atoms. The molecular weight excluding hydrogens is 298 g/mol. The van der Waals surface area contributed by atoms with Crippen molar-refractivity contribution in [3.63, 3.8) is 0 Å². The molecule has 1 atom stereocenters. The van der Waals surface area contributed by atoms with Crippen LogP contribution in [0.3, 0.4) is 0 Å². The fraction of sp³-hybridized carbons (Fsp3) is 0.333. The van der Waals surface area contributed by atoms with E-state index in [9.17, 15) is 14.9 Å². The largest absolute Gasteiger partial charge is 0.336 e. The molecule has 120 valence electrons. The molecule has 8 heteroatoms. The lowest BCUT2D eigenvalue weighted by Crippen LogP contribution is -2.49. The average Bonchev–Trinajstić information content (AvgIpc) is 3.00. The van der Waals surface area contributed by atoms with Crippen molar-refractivity contribution in [2.24, 2.45) is 7.05 Å². The number of carbonyl (C=O) groups excluding carboxylic acids is 1. The van der Waals surface area contributed by atoms with E-state index in [-0.39, 0.29) is 17.6 Å². The van der Waals surface area contributed by atoms with E-state index >= 15 is 0 Å². The van der Waals surface area contributed by atoms with E-state index in [4.69, 9.17) is 0 Å². The minimum Gasteiger partial charge on any atom is -0.336 e. The van der Waals surface area contributed by atoms with Crippen molar-refractivity contribution in [1.29, 1.82) is 0 Å². The number of rotatable bonds is 3. The van der Waals surface area contributed by atoms with Crippen LogP contribution in [-0.4, -0.2) is 44.9 Å². The SMILES string of the molecule is Cn1ccnc1C1CNCCN1C(=O)c1ccc([N+](=O)[O-])cc1. The van der Waals surface area contributed by atoms with Crippen LogP contribution >= 0.6 is 0 Å². The normalized spacial score (nSPS) is 18.0. The summed E-state index contributed by atoms with van der Waals surface area (Å²) in [6.45, 7) is 1.90. The Morgan fingerprint density at radius 1 is 1.39 bits per heavy atom. The number of nitro groups is 1. The average molecular weight is 315 g/mol. The molecule has 1 N–H and O–H groups in total. The van der Waals surface area contributed by atoms with E-state index in [1.807, 2.05) is 17.8 Å². The van der Waals surface area contributed by atoms with Crippen LogP contribution in [0.1, 0.15) is 22.2 Å². The number of aromatic nitrogens is 2.